The maximum absolute atomic E-state index is 14.6. The van der Waals surface area contributed by atoms with Crippen molar-refractivity contribution >= 4 is 75.8 Å². The van der Waals surface area contributed by atoms with Crippen molar-refractivity contribution in [2.75, 3.05) is 26.2 Å². The molecule has 0 bridgehead atoms. The van der Waals surface area contributed by atoms with Crippen LogP contribution in [0.4, 0.5) is 4.39 Å². The fourth-order valence-electron chi connectivity index (χ4n) is 5.83. The Labute approximate surface area is 295 Å². The van der Waals surface area contributed by atoms with Gasteiger partial charge in [0.2, 0.25) is 0 Å². The molecule has 2 saturated heterocycles. The number of benzene rings is 2. The summed E-state index contributed by atoms with van der Waals surface area (Å²) in [7, 11) is 0. The second kappa shape index (κ2) is 18.2. The first-order valence-corrected chi connectivity index (χ1v) is 18.1. The van der Waals surface area contributed by atoms with E-state index in [4.69, 9.17) is 0 Å². The SMILES string of the molecule is CC(=O)SC1CCN(C(C(=O)C2CC2)c2ccccc2F)C/C1=C\c1cnsn1.CC(=O)SC1CCNC/C1=C\c1ccccc1.Cl. The Morgan fingerprint density at radius 1 is 0.936 bits per heavy atom. The van der Waals surface area contributed by atoms with E-state index in [0.29, 0.717) is 23.9 Å². The van der Waals surface area contributed by atoms with Crippen LogP contribution in [0.25, 0.3) is 12.2 Å². The fourth-order valence-corrected chi connectivity index (χ4v) is 8.08. The highest BCUT2D eigenvalue weighted by molar-refractivity contribution is 8.14. The van der Waals surface area contributed by atoms with Crippen molar-refractivity contribution < 1.29 is 18.8 Å². The number of thioether (sulfide) groups is 2. The van der Waals surface area contributed by atoms with Gasteiger partial charge in [0.15, 0.2) is 16.0 Å². The molecule has 1 aliphatic carbocycles. The van der Waals surface area contributed by atoms with Crippen molar-refractivity contribution in [2.45, 2.75) is 56.1 Å². The maximum Gasteiger partial charge on any atom is 0.186 e. The van der Waals surface area contributed by atoms with E-state index in [1.54, 1.807) is 38.2 Å². The molecule has 1 aromatic heterocycles. The molecule has 1 N–H and O–H groups in total. The van der Waals surface area contributed by atoms with Gasteiger partial charge in [0.1, 0.15) is 5.82 Å². The highest BCUT2D eigenvalue weighted by atomic mass is 35.5. The number of Topliss-reactive ketones (excluding diaryl/α,β-unsaturated/α-hetero) is 1. The van der Waals surface area contributed by atoms with Gasteiger partial charge < -0.3 is 5.32 Å². The molecule has 1 saturated carbocycles. The van der Waals surface area contributed by atoms with Gasteiger partial charge in [-0.05, 0) is 61.1 Å². The van der Waals surface area contributed by atoms with Gasteiger partial charge in [-0.25, -0.2) is 4.39 Å². The summed E-state index contributed by atoms with van der Waals surface area (Å²) < 4.78 is 22.9. The monoisotopic (exact) mass is 714 g/mol. The second-order valence-electron chi connectivity index (χ2n) is 11.7. The van der Waals surface area contributed by atoms with Crippen molar-refractivity contribution in [1.82, 2.24) is 19.0 Å². The third-order valence-electron chi connectivity index (χ3n) is 8.10. The molecule has 0 radical (unpaired) electrons. The molecule has 2 aliphatic heterocycles. The Bertz CT molecular complexity index is 1570. The van der Waals surface area contributed by atoms with Gasteiger partial charge in [0, 0.05) is 55.5 Å². The third kappa shape index (κ3) is 10.9. The summed E-state index contributed by atoms with van der Waals surface area (Å²) in [4.78, 5) is 38.2. The highest BCUT2D eigenvalue weighted by Crippen LogP contribution is 2.40. The molecular weight excluding hydrogens is 675 g/mol. The van der Waals surface area contributed by atoms with E-state index in [-0.39, 0.29) is 45.4 Å². The van der Waals surface area contributed by atoms with Crippen molar-refractivity contribution in [2.24, 2.45) is 5.92 Å². The molecule has 3 heterocycles. The highest BCUT2D eigenvalue weighted by Gasteiger charge is 2.41. The molecule has 47 heavy (non-hydrogen) atoms. The number of nitrogens with one attached hydrogen (secondary N) is 1. The van der Waals surface area contributed by atoms with E-state index in [2.05, 4.69) is 37.2 Å². The average molecular weight is 715 g/mol. The molecule has 3 unspecified atom stereocenters. The quantitative estimate of drug-likeness (QED) is 0.259. The number of carbonyl (C=O) groups excluding carboxylic acids is 3. The maximum atomic E-state index is 14.6. The smallest absolute Gasteiger partial charge is 0.186 e. The summed E-state index contributed by atoms with van der Waals surface area (Å²) in [6, 6.07) is 16.2. The molecule has 12 heteroatoms. The van der Waals surface area contributed by atoms with Gasteiger partial charge in [-0.1, -0.05) is 78.1 Å². The Hall–Kier alpha value is -2.67. The van der Waals surface area contributed by atoms with Crippen LogP contribution in [0.3, 0.4) is 0 Å². The number of ketones is 1. The van der Waals surface area contributed by atoms with Crippen molar-refractivity contribution in [3.8, 4) is 0 Å². The van der Waals surface area contributed by atoms with Gasteiger partial charge in [-0.3, -0.25) is 19.3 Å². The predicted molar refractivity (Wildman–Crippen MR) is 194 cm³/mol. The van der Waals surface area contributed by atoms with E-state index in [9.17, 15) is 18.8 Å². The zero-order valence-electron chi connectivity index (χ0n) is 26.5. The van der Waals surface area contributed by atoms with Crippen molar-refractivity contribution in [3.05, 3.63) is 94.6 Å². The Morgan fingerprint density at radius 2 is 1.62 bits per heavy atom. The lowest BCUT2D eigenvalue weighted by molar-refractivity contribution is -0.126. The molecule has 0 amide bonds. The predicted octanol–water partition coefficient (Wildman–Crippen LogP) is 7.27. The summed E-state index contributed by atoms with van der Waals surface area (Å²) in [6.45, 7) is 6.23. The van der Waals surface area contributed by atoms with Crippen LogP contribution in [0.15, 0.2) is 71.9 Å². The van der Waals surface area contributed by atoms with Crippen LogP contribution in [0, 0.1) is 11.7 Å². The number of nitrogens with zero attached hydrogens (tertiary/aromatic N) is 3. The molecule has 3 aromatic rings. The van der Waals surface area contributed by atoms with Gasteiger partial charge in [0.25, 0.3) is 0 Å². The molecule has 6 rings (SSSR count). The molecule has 3 fully saturated rings. The molecule has 3 aliphatic rings. The zero-order valence-corrected chi connectivity index (χ0v) is 29.7. The number of piperidine rings is 2. The van der Waals surface area contributed by atoms with Crippen LogP contribution in [-0.2, 0) is 14.4 Å². The second-order valence-corrected chi connectivity index (χ2v) is 15.0. The van der Waals surface area contributed by atoms with Crippen LogP contribution in [0.5, 0.6) is 0 Å². The molecule has 3 atom stereocenters. The summed E-state index contributed by atoms with van der Waals surface area (Å²) in [6.07, 6.45) is 9.36. The fraction of sp³-hybridized carbons (Fsp3) is 0.400. The summed E-state index contributed by atoms with van der Waals surface area (Å²) in [5.74, 6) is -0.220. The Balaban J connectivity index is 0.000000238. The lowest BCUT2D eigenvalue weighted by Crippen LogP contribution is -2.43. The minimum atomic E-state index is -0.594. The van der Waals surface area contributed by atoms with Crippen LogP contribution in [0.2, 0.25) is 0 Å². The van der Waals surface area contributed by atoms with Gasteiger partial charge in [-0.15, -0.1) is 12.4 Å². The van der Waals surface area contributed by atoms with Crippen LogP contribution in [0.1, 0.15) is 62.4 Å². The number of halogens is 2. The van der Waals surface area contributed by atoms with Gasteiger partial charge in [0.05, 0.1) is 29.7 Å². The standard InChI is InChI=1S/C21H22FN3O2S2.C14H17NOS.ClH/c1-13(26)28-19-8-9-25(12-15(19)10-16-11-23-29-24-16)20(21(27)14-6-7-14)17-4-2-3-5-18(17)22;1-11(16)17-14-7-8-15-10-13(14)9-12-5-3-2-4-6-12;/h2-5,10-11,14,19-20H,6-9,12H2,1H3;2-6,9,14-15H,7-8,10H2,1H3;1H/b15-10+;13-9+;. The lowest BCUT2D eigenvalue weighted by atomic mass is 9.93. The largest absolute Gasteiger partial charge is 0.313 e. The number of hydrogen-bond donors (Lipinski definition) is 1. The number of likely N-dealkylation sites (tertiary alicyclic amines) is 1. The van der Waals surface area contributed by atoms with E-state index < -0.39 is 6.04 Å². The first-order chi connectivity index (χ1) is 22.3. The summed E-state index contributed by atoms with van der Waals surface area (Å²) >= 11 is 3.89. The summed E-state index contributed by atoms with van der Waals surface area (Å²) in [5.41, 5.74) is 4.74. The minimum absolute atomic E-state index is 0. The molecule has 250 valence electrons. The topological polar surface area (TPSA) is 92.3 Å². The van der Waals surface area contributed by atoms with Gasteiger partial charge in [-0.2, -0.15) is 8.75 Å². The number of hydrogen-bond acceptors (Lipinski definition) is 10. The zero-order chi connectivity index (χ0) is 32.5. The summed E-state index contributed by atoms with van der Waals surface area (Å²) in [5, 5.41) is 4.00. The molecule has 7 nitrogen and oxygen atoms in total. The van der Waals surface area contributed by atoms with Crippen LogP contribution >= 0.6 is 47.7 Å². The number of rotatable bonds is 8. The molecule has 0 spiro atoms. The van der Waals surface area contributed by atoms with E-state index >= 15 is 0 Å². The third-order valence-corrected chi connectivity index (χ3v) is 10.9. The lowest BCUT2D eigenvalue weighted by Gasteiger charge is -2.38. The van der Waals surface area contributed by atoms with Crippen molar-refractivity contribution in [1.29, 1.82) is 0 Å². The van der Waals surface area contributed by atoms with Gasteiger partial charge >= 0.3 is 0 Å². The van der Waals surface area contributed by atoms with Crippen LogP contribution < -0.4 is 5.32 Å². The first-order valence-electron chi connectivity index (χ1n) is 15.6. The first kappa shape index (κ1) is 37.2. The van der Waals surface area contributed by atoms with Crippen molar-refractivity contribution in [3.63, 3.8) is 0 Å². The molecular formula is C35H40ClFN4O3S3. The Morgan fingerprint density at radius 3 is 2.26 bits per heavy atom. The minimum Gasteiger partial charge on any atom is -0.313 e. The van der Waals surface area contributed by atoms with Crippen LogP contribution in [-0.4, -0.2) is 66.3 Å². The Kier molecular flexibility index (Phi) is 14.4. The normalized spacial score (nSPS) is 22.1. The number of carbonyl (C=O) groups is 3. The van der Waals surface area contributed by atoms with E-state index in [0.717, 1.165) is 61.8 Å². The average Bonchev–Trinajstić information content (AvgIpc) is 3.77. The van der Waals surface area contributed by atoms with E-state index in [1.807, 2.05) is 24.3 Å². The number of aromatic nitrogens is 2. The van der Waals surface area contributed by atoms with E-state index in [1.165, 1.54) is 40.7 Å². The molecule has 2 aromatic carbocycles.